The number of nitrogens with zero attached hydrogens (tertiary/aromatic N) is 2. The van der Waals surface area contributed by atoms with Gasteiger partial charge >= 0.3 is 0 Å². The molecule has 17 heavy (non-hydrogen) atoms. The van der Waals surface area contributed by atoms with Crippen LogP contribution < -0.4 is 11.3 Å². The third-order valence-electron chi connectivity index (χ3n) is 3.05. The maximum Gasteiger partial charge on any atom is 0.149 e. The Morgan fingerprint density at radius 3 is 3.06 bits per heavy atom. The Kier molecular flexibility index (Phi) is 4.66. The Hall–Kier alpha value is -0.760. The van der Waals surface area contributed by atoms with Crippen LogP contribution in [0, 0.1) is 0 Å². The summed E-state index contributed by atoms with van der Waals surface area (Å²) in [5.74, 6) is 5.35. The largest absolute Gasteiger partial charge is 0.381 e. The van der Waals surface area contributed by atoms with Gasteiger partial charge in [-0.2, -0.15) is 0 Å². The second-order valence-electron chi connectivity index (χ2n) is 4.15. The lowest BCUT2D eigenvalue weighted by Crippen LogP contribution is -2.27. The van der Waals surface area contributed by atoms with Crippen LogP contribution in [-0.2, 0) is 16.1 Å². The highest BCUT2D eigenvalue weighted by atomic mass is 32.1. The summed E-state index contributed by atoms with van der Waals surface area (Å²) in [6.45, 7) is 0.455. The minimum absolute atomic E-state index is 0.251. The van der Waals surface area contributed by atoms with Crippen LogP contribution in [0.5, 0.6) is 0 Å². The number of rotatable bonds is 5. The lowest BCUT2D eigenvalue weighted by Gasteiger charge is -2.27. The van der Waals surface area contributed by atoms with Gasteiger partial charge in [-0.15, -0.1) is 5.10 Å². The Balaban J connectivity index is 1.81. The zero-order valence-electron chi connectivity index (χ0n) is 9.89. The second-order valence-corrected chi connectivity index (χ2v) is 4.90. The van der Waals surface area contributed by atoms with Gasteiger partial charge in [-0.25, -0.2) is 5.84 Å². The second kappa shape index (κ2) is 6.25. The van der Waals surface area contributed by atoms with E-state index in [2.05, 4.69) is 15.0 Å². The van der Waals surface area contributed by atoms with Crippen molar-refractivity contribution in [2.75, 3.05) is 12.5 Å². The highest BCUT2D eigenvalue weighted by Gasteiger charge is 2.22. The smallest absolute Gasteiger partial charge is 0.149 e. The van der Waals surface area contributed by atoms with E-state index in [-0.39, 0.29) is 6.10 Å². The molecule has 0 saturated heterocycles. The molecule has 96 valence electrons. The van der Waals surface area contributed by atoms with Crippen molar-refractivity contribution in [3.63, 3.8) is 0 Å². The molecule has 2 atom stereocenters. The molecule has 1 heterocycles. The van der Waals surface area contributed by atoms with E-state index in [0.717, 1.165) is 36.4 Å². The van der Waals surface area contributed by atoms with Crippen molar-refractivity contribution in [1.29, 1.82) is 0 Å². The zero-order chi connectivity index (χ0) is 12.1. The van der Waals surface area contributed by atoms with Gasteiger partial charge in [-0.3, -0.25) is 0 Å². The number of hydrazine groups is 1. The first kappa shape index (κ1) is 12.7. The van der Waals surface area contributed by atoms with Crippen molar-refractivity contribution in [3.05, 3.63) is 5.69 Å². The molecule has 7 heteroatoms. The lowest BCUT2D eigenvalue weighted by molar-refractivity contribution is -0.0370. The van der Waals surface area contributed by atoms with E-state index in [0.29, 0.717) is 12.7 Å². The van der Waals surface area contributed by atoms with Gasteiger partial charge in [0.2, 0.25) is 0 Å². The molecule has 6 nitrogen and oxygen atoms in total. The van der Waals surface area contributed by atoms with Crippen LogP contribution in [0.3, 0.4) is 0 Å². The molecule has 2 unspecified atom stereocenters. The summed E-state index contributed by atoms with van der Waals surface area (Å²) in [5.41, 5.74) is 3.35. The van der Waals surface area contributed by atoms with E-state index < -0.39 is 0 Å². The summed E-state index contributed by atoms with van der Waals surface area (Å²) in [6, 6.07) is 0. The van der Waals surface area contributed by atoms with Crippen LogP contribution in [0.25, 0.3) is 0 Å². The zero-order valence-corrected chi connectivity index (χ0v) is 10.7. The summed E-state index contributed by atoms with van der Waals surface area (Å²) in [6.07, 6.45) is 4.91. The molecule has 1 saturated carbocycles. The van der Waals surface area contributed by atoms with E-state index in [1.54, 1.807) is 7.11 Å². The minimum atomic E-state index is 0.251. The predicted molar refractivity (Wildman–Crippen MR) is 65.6 cm³/mol. The molecule has 0 amide bonds. The Bertz CT molecular complexity index is 347. The predicted octanol–water partition coefficient (Wildman–Crippen LogP) is 1.30. The number of hydrogen-bond donors (Lipinski definition) is 2. The fraction of sp³-hybridized carbons (Fsp3) is 0.800. The number of methoxy groups -OCH3 is 1. The van der Waals surface area contributed by atoms with E-state index in [4.69, 9.17) is 15.3 Å². The molecule has 0 radical (unpaired) electrons. The van der Waals surface area contributed by atoms with Crippen LogP contribution in [0.15, 0.2) is 0 Å². The Labute approximate surface area is 105 Å². The molecule has 1 fully saturated rings. The Morgan fingerprint density at radius 2 is 2.29 bits per heavy atom. The van der Waals surface area contributed by atoms with Crippen molar-refractivity contribution in [3.8, 4) is 0 Å². The van der Waals surface area contributed by atoms with Gasteiger partial charge in [0.25, 0.3) is 0 Å². The van der Waals surface area contributed by atoms with E-state index in [9.17, 15) is 0 Å². The van der Waals surface area contributed by atoms with Gasteiger partial charge in [0.05, 0.1) is 18.8 Å². The highest BCUT2D eigenvalue weighted by Crippen LogP contribution is 2.25. The number of anilines is 1. The van der Waals surface area contributed by atoms with Crippen LogP contribution in [0.1, 0.15) is 31.4 Å². The van der Waals surface area contributed by atoms with Crippen molar-refractivity contribution >= 4 is 16.5 Å². The summed E-state index contributed by atoms with van der Waals surface area (Å²) in [7, 11) is 1.76. The number of ether oxygens (including phenoxy) is 2. The van der Waals surface area contributed by atoms with Gasteiger partial charge in [0.1, 0.15) is 10.7 Å². The van der Waals surface area contributed by atoms with Gasteiger partial charge in [-0.1, -0.05) is 4.49 Å². The van der Waals surface area contributed by atoms with Gasteiger partial charge in [0, 0.05) is 18.6 Å². The number of nitrogen functional groups attached to an aromatic ring is 1. The molecule has 0 aromatic carbocycles. The molecule has 3 N–H and O–H groups in total. The van der Waals surface area contributed by atoms with Gasteiger partial charge in [0.15, 0.2) is 0 Å². The average Bonchev–Trinajstić information content (AvgIpc) is 2.84. The SMILES string of the molecule is COC1CCCC(OCc2nnsc2NN)C1. The molecule has 1 aromatic heterocycles. The number of hydrogen-bond acceptors (Lipinski definition) is 7. The molecule has 0 spiro atoms. The molecule has 1 aliphatic carbocycles. The van der Waals surface area contributed by atoms with Crippen LogP contribution in [0.4, 0.5) is 5.00 Å². The van der Waals surface area contributed by atoms with Gasteiger partial charge in [-0.05, 0) is 25.7 Å². The first-order chi connectivity index (χ1) is 8.33. The molecule has 2 rings (SSSR count). The maximum absolute atomic E-state index is 5.83. The van der Waals surface area contributed by atoms with Crippen LogP contribution in [0.2, 0.25) is 0 Å². The third kappa shape index (κ3) is 3.35. The maximum atomic E-state index is 5.83. The minimum Gasteiger partial charge on any atom is -0.381 e. The van der Waals surface area contributed by atoms with Crippen molar-refractivity contribution < 1.29 is 9.47 Å². The van der Waals surface area contributed by atoms with Crippen LogP contribution >= 0.6 is 11.5 Å². The number of nitrogens with one attached hydrogen (secondary N) is 1. The van der Waals surface area contributed by atoms with Crippen LogP contribution in [-0.4, -0.2) is 28.9 Å². The van der Waals surface area contributed by atoms with E-state index in [1.807, 2.05) is 0 Å². The standard InChI is InChI=1S/C10H18N4O2S/c1-15-7-3-2-4-8(5-7)16-6-9-10(12-11)17-14-13-9/h7-8,12H,2-6,11H2,1H3. The quantitative estimate of drug-likeness (QED) is 0.612. The summed E-state index contributed by atoms with van der Waals surface area (Å²) in [5, 5.41) is 4.75. The molecular formula is C10H18N4O2S. The van der Waals surface area contributed by atoms with Gasteiger partial charge < -0.3 is 14.9 Å². The van der Waals surface area contributed by atoms with E-state index >= 15 is 0 Å². The molecular weight excluding hydrogens is 240 g/mol. The molecule has 1 aliphatic rings. The van der Waals surface area contributed by atoms with Crippen molar-refractivity contribution in [2.24, 2.45) is 5.84 Å². The summed E-state index contributed by atoms with van der Waals surface area (Å²) in [4.78, 5) is 0. The normalized spacial score (nSPS) is 24.8. The molecule has 0 aliphatic heterocycles. The first-order valence-electron chi connectivity index (χ1n) is 5.75. The Morgan fingerprint density at radius 1 is 1.47 bits per heavy atom. The van der Waals surface area contributed by atoms with Crippen molar-refractivity contribution in [1.82, 2.24) is 9.59 Å². The topological polar surface area (TPSA) is 82.3 Å². The fourth-order valence-corrected chi connectivity index (χ4v) is 2.56. The first-order valence-corrected chi connectivity index (χ1v) is 6.53. The fourth-order valence-electron chi connectivity index (χ4n) is 2.08. The highest BCUT2D eigenvalue weighted by molar-refractivity contribution is 7.10. The summed E-state index contributed by atoms with van der Waals surface area (Å²) < 4.78 is 15.0. The third-order valence-corrected chi connectivity index (χ3v) is 3.75. The summed E-state index contributed by atoms with van der Waals surface area (Å²) >= 11 is 1.24. The monoisotopic (exact) mass is 258 g/mol. The number of aromatic nitrogens is 2. The average molecular weight is 258 g/mol. The van der Waals surface area contributed by atoms with E-state index in [1.165, 1.54) is 11.5 Å². The molecule has 1 aromatic rings. The molecule has 0 bridgehead atoms. The number of nitrogens with two attached hydrogens (primary N) is 1. The lowest BCUT2D eigenvalue weighted by atomic mass is 9.95. The van der Waals surface area contributed by atoms with Crippen molar-refractivity contribution in [2.45, 2.75) is 44.5 Å².